The zero-order valence-electron chi connectivity index (χ0n) is 13.8. The summed E-state index contributed by atoms with van der Waals surface area (Å²) in [6.07, 6.45) is 0.271. The number of aliphatic carboxylic acids is 1. The topological polar surface area (TPSA) is 66.4 Å². The largest absolute Gasteiger partial charge is 0.481 e. The number of benzene rings is 2. The lowest BCUT2D eigenvalue weighted by molar-refractivity contribution is -0.136. The van der Waals surface area contributed by atoms with Crippen molar-refractivity contribution < 1.29 is 14.7 Å². The number of anilines is 1. The van der Waals surface area contributed by atoms with E-state index in [-0.39, 0.29) is 12.3 Å². The zero-order chi connectivity index (χ0) is 17.5. The molecule has 5 heteroatoms. The van der Waals surface area contributed by atoms with Crippen LogP contribution in [0.4, 0.5) is 5.69 Å². The molecule has 0 heterocycles. The molecule has 0 aliphatic rings. The summed E-state index contributed by atoms with van der Waals surface area (Å²) in [7, 11) is 0. The van der Waals surface area contributed by atoms with Crippen LogP contribution in [0, 0.1) is 13.8 Å². The predicted molar refractivity (Wildman–Crippen MR) is 97.7 cm³/mol. The normalized spacial score (nSPS) is 10.4. The molecule has 0 atom stereocenters. The Morgan fingerprint density at radius 2 is 1.83 bits per heavy atom. The van der Waals surface area contributed by atoms with Crippen LogP contribution in [0.5, 0.6) is 0 Å². The Kier molecular flexibility index (Phi) is 6.44. The van der Waals surface area contributed by atoms with E-state index in [1.165, 1.54) is 11.1 Å². The maximum Gasteiger partial charge on any atom is 0.307 e. The molecule has 126 valence electrons. The van der Waals surface area contributed by atoms with E-state index in [0.29, 0.717) is 23.4 Å². The summed E-state index contributed by atoms with van der Waals surface area (Å²) in [5, 5.41) is 11.7. The van der Waals surface area contributed by atoms with Crippen molar-refractivity contribution in [2.24, 2.45) is 0 Å². The number of hydrogen-bond acceptors (Lipinski definition) is 3. The first-order valence-corrected chi connectivity index (χ1v) is 8.74. The second-order valence-corrected chi connectivity index (χ2v) is 6.79. The molecule has 0 aliphatic carbocycles. The number of rotatable bonds is 7. The van der Waals surface area contributed by atoms with Crippen LogP contribution in [0.2, 0.25) is 0 Å². The lowest BCUT2D eigenvalue weighted by atomic mass is 10.1. The third-order valence-corrected chi connectivity index (χ3v) is 4.70. The first-order chi connectivity index (χ1) is 11.5. The van der Waals surface area contributed by atoms with E-state index in [9.17, 15) is 9.59 Å². The lowest BCUT2D eigenvalue weighted by Gasteiger charge is -2.10. The highest BCUT2D eigenvalue weighted by atomic mass is 32.2. The average Bonchev–Trinajstić information content (AvgIpc) is 2.52. The van der Waals surface area contributed by atoms with Crippen molar-refractivity contribution in [2.75, 3.05) is 11.1 Å². The number of carbonyl (C=O) groups excluding carboxylic acids is 1. The maximum absolute atomic E-state index is 12.1. The Labute approximate surface area is 146 Å². The first-order valence-electron chi connectivity index (χ1n) is 7.75. The molecule has 0 unspecified atom stereocenters. The third-order valence-electron chi connectivity index (χ3n) is 3.71. The van der Waals surface area contributed by atoms with Crippen molar-refractivity contribution in [3.8, 4) is 0 Å². The molecule has 2 aromatic rings. The van der Waals surface area contributed by atoms with Gasteiger partial charge in [0, 0.05) is 22.8 Å². The fourth-order valence-corrected chi connectivity index (χ4v) is 3.18. The summed E-state index contributed by atoms with van der Waals surface area (Å²) in [6.45, 7) is 4.15. The van der Waals surface area contributed by atoms with Gasteiger partial charge in [-0.3, -0.25) is 9.59 Å². The fourth-order valence-electron chi connectivity index (χ4n) is 2.24. The monoisotopic (exact) mass is 343 g/mol. The summed E-state index contributed by atoms with van der Waals surface area (Å²) in [6, 6.07) is 13.3. The molecule has 4 nitrogen and oxygen atoms in total. The summed E-state index contributed by atoms with van der Waals surface area (Å²) >= 11 is 1.64. The van der Waals surface area contributed by atoms with Gasteiger partial charge >= 0.3 is 5.97 Å². The van der Waals surface area contributed by atoms with Crippen LogP contribution >= 0.6 is 11.8 Å². The maximum atomic E-state index is 12.1. The quantitative estimate of drug-likeness (QED) is 0.744. The molecule has 2 N–H and O–H groups in total. The number of aryl methyl sites for hydroxylation is 2. The SMILES string of the molecule is Cc1ccc(SCCC(=O)Nc2ccccc2CC(=O)O)cc1C. The van der Waals surface area contributed by atoms with Gasteiger partial charge < -0.3 is 10.4 Å². The standard InChI is InChI=1S/C19H21NO3S/c1-13-7-8-16(11-14(13)2)24-10-9-18(21)20-17-6-4-3-5-15(17)12-19(22)23/h3-8,11H,9-10,12H2,1-2H3,(H,20,21)(H,22,23). The molecule has 0 spiro atoms. The Balaban J connectivity index is 1.87. The first kappa shape index (κ1) is 18.1. The van der Waals surface area contributed by atoms with Gasteiger partial charge in [0.15, 0.2) is 0 Å². The molecule has 2 aromatic carbocycles. The highest BCUT2D eigenvalue weighted by molar-refractivity contribution is 7.99. The Bertz CT molecular complexity index is 743. The van der Waals surface area contributed by atoms with Crippen LogP contribution in [0.25, 0.3) is 0 Å². The molecule has 0 bridgehead atoms. The molecule has 0 fully saturated rings. The number of thioether (sulfide) groups is 1. The van der Waals surface area contributed by atoms with E-state index >= 15 is 0 Å². The van der Waals surface area contributed by atoms with Gasteiger partial charge in [0.1, 0.15) is 0 Å². The molecule has 0 aromatic heterocycles. The van der Waals surface area contributed by atoms with Crippen LogP contribution in [0.1, 0.15) is 23.1 Å². The number of nitrogens with one attached hydrogen (secondary N) is 1. The predicted octanol–water partition coefficient (Wildman–Crippen LogP) is 4.05. The van der Waals surface area contributed by atoms with Gasteiger partial charge in [-0.2, -0.15) is 0 Å². The van der Waals surface area contributed by atoms with E-state index in [1.807, 2.05) is 0 Å². The Morgan fingerprint density at radius 3 is 2.54 bits per heavy atom. The highest BCUT2D eigenvalue weighted by Crippen LogP contribution is 2.22. The molecule has 24 heavy (non-hydrogen) atoms. The van der Waals surface area contributed by atoms with Crippen molar-refractivity contribution in [1.82, 2.24) is 0 Å². The number of carbonyl (C=O) groups is 2. The molecule has 0 aliphatic heterocycles. The minimum absolute atomic E-state index is 0.103. The van der Waals surface area contributed by atoms with Crippen LogP contribution in [0.3, 0.4) is 0 Å². The van der Waals surface area contributed by atoms with Crippen molar-refractivity contribution in [3.63, 3.8) is 0 Å². The highest BCUT2D eigenvalue weighted by Gasteiger charge is 2.09. The van der Waals surface area contributed by atoms with Gasteiger partial charge in [0.25, 0.3) is 0 Å². The minimum Gasteiger partial charge on any atom is -0.481 e. The van der Waals surface area contributed by atoms with Crippen molar-refractivity contribution in [2.45, 2.75) is 31.6 Å². The minimum atomic E-state index is -0.915. The van der Waals surface area contributed by atoms with Crippen molar-refractivity contribution in [1.29, 1.82) is 0 Å². The van der Waals surface area contributed by atoms with Crippen molar-refractivity contribution in [3.05, 3.63) is 59.2 Å². The van der Waals surface area contributed by atoms with Gasteiger partial charge in [-0.15, -0.1) is 11.8 Å². The molecule has 1 amide bonds. The lowest BCUT2D eigenvalue weighted by Crippen LogP contribution is -2.14. The van der Waals surface area contributed by atoms with E-state index in [0.717, 1.165) is 4.90 Å². The van der Waals surface area contributed by atoms with Gasteiger partial charge in [-0.05, 0) is 48.7 Å². The average molecular weight is 343 g/mol. The second-order valence-electron chi connectivity index (χ2n) is 5.62. The second kappa shape index (κ2) is 8.55. The van der Waals surface area contributed by atoms with Crippen LogP contribution in [-0.4, -0.2) is 22.7 Å². The van der Waals surface area contributed by atoms with Crippen LogP contribution < -0.4 is 5.32 Å². The van der Waals surface area contributed by atoms with Gasteiger partial charge in [0.05, 0.1) is 6.42 Å². The number of para-hydroxylation sites is 1. The Morgan fingerprint density at radius 1 is 1.08 bits per heavy atom. The van der Waals surface area contributed by atoms with Crippen LogP contribution in [0.15, 0.2) is 47.4 Å². The van der Waals surface area contributed by atoms with E-state index in [4.69, 9.17) is 5.11 Å². The molecule has 2 rings (SSSR count). The summed E-state index contributed by atoms with van der Waals surface area (Å²) in [5.74, 6) is -0.346. The van der Waals surface area contributed by atoms with Gasteiger partial charge in [-0.25, -0.2) is 0 Å². The smallest absolute Gasteiger partial charge is 0.307 e. The third kappa shape index (κ3) is 5.42. The molecule has 0 saturated heterocycles. The molecular weight excluding hydrogens is 322 g/mol. The van der Waals surface area contributed by atoms with E-state index in [1.54, 1.807) is 36.0 Å². The summed E-state index contributed by atoms with van der Waals surface area (Å²) in [5.41, 5.74) is 3.68. The summed E-state index contributed by atoms with van der Waals surface area (Å²) < 4.78 is 0. The van der Waals surface area contributed by atoms with E-state index in [2.05, 4.69) is 37.4 Å². The van der Waals surface area contributed by atoms with Gasteiger partial charge in [0.2, 0.25) is 5.91 Å². The van der Waals surface area contributed by atoms with E-state index < -0.39 is 5.97 Å². The van der Waals surface area contributed by atoms with Gasteiger partial charge in [-0.1, -0.05) is 24.3 Å². The zero-order valence-corrected chi connectivity index (χ0v) is 14.7. The number of hydrogen-bond donors (Lipinski definition) is 2. The summed E-state index contributed by atoms with van der Waals surface area (Å²) in [4.78, 5) is 24.1. The van der Waals surface area contributed by atoms with Crippen LogP contribution in [-0.2, 0) is 16.0 Å². The number of amides is 1. The fraction of sp³-hybridized carbons (Fsp3) is 0.263. The molecule has 0 saturated carbocycles. The van der Waals surface area contributed by atoms with Crippen molar-refractivity contribution >= 4 is 29.3 Å². The number of carboxylic acids is 1. The molecule has 0 radical (unpaired) electrons. The Hall–Kier alpha value is -2.27. The molecular formula is C19H21NO3S. The number of carboxylic acid groups (broad SMARTS) is 1.